The van der Waals surface area contributed by atoms with Crippen molar-refractivity contribution in [3.8, 4) is 6.07 Å². The molecule has 1 N–H and O–H groups in total. The molecule has 0 fully saturated rings. The second-order valence-electron chi connectivity index (χ2n) is 5.37. The molecule has 0 aliphatic carbocycles. The quantitative estimate of drug-likeness (QED) is 0.765. The van der Waals surface area contributed by atoms with Gasteiger partial charge in [-0.3, -0.25) is 4.90 Å². The molecule has 0 radical (unpaired) electrons. The fourth-order valence-corrected chi connectivity index (χ4v) is 2.33. The smallest absolute Gasteiger partial charge is 0.0995 e. The van der Waals surface area contributed by atoms with Gasteiger partial charge in [-0.05, 0) is 39.3 Å². The summed E-state index contributed by atoms with van der Waals surface area (Å²) in [6.07, 6.45) is 0. The minimum absolute atomic E-state index is 0.563. The summed E-state index contributed by atoms with van der Waals surface area (Å²) in [5, 5.41) is 12.4. The Balaban J connectivity index is 2.40. The number of nitrogens with one attached hydrogen (secondary N) is 1. The van der Waals surface area contributed by atoms with Crippen LogP contribution in [0.2, 0.25) is 0 Å². The van der Waals surface area contributed by atoms with E-state index >= 15 is 0 Å². The molecule has 0 amide bonds. The lowest BCUT2D eigenvalue weighted by Crippen LogP contribution is -2.41. The second kappa shape index (κ2) is 7.93. The van der Waals surface area contributed by atoms with Crippen LogP contribution in [0.1, 0.15) is 38.8 Å². The summed E-state index contributed by atoms with van der Waals surface area (Å²) in [7, 11) is 0. The molecule has 1 aromatic rings. The van der Waals surface area contributed by atoms with Crippen LogP contribution < -0.4 is 5.32 Å². The van der Waals surface area contributed by atoms with E-state index in [4.69, 9.17) is 5.26 Å². The topological polar surface area (TPSA) is 39.1 Å². The van der Waals surface area contributed by atoms with Crippen molar-refractivity contribution in [2.24, 2.45) is 0 Å². The molecule has 0 atom stereocenters. The van der Waals surface area contributed by atoms with Crippen molar-refractivity contribution in [2.75, 3.05) is 13.1 Å². The van der Waals surface area contributed by atoms with Crippen LogP contribution >= 0.6 is 0 Å². The number of nitriles is 1. The summed E-state index contributed by atoms with van der Waals surface area (Å²) in [6.45, 7) is 11.6. The highest BCUT2D eigenvalue weighted by molar-refractivity contribution is 5.37. The van der Waals surface area contributed by atoms with Gasteiger partial charge in [-0.15, -0.1) is 0 Å². The van der Waals surface area contributed by atoms with Crippen molar-refractivity contribution in [1.29, 1.82) is 5.26 Å². The van der Waals surface area contributed by atoms with Crippen molar-refractivity contribution in [1.82, 2.24) is 10.2 Å². The Kier molecular flexibility index (Phi) is 6.55. The van der Waals surface area contributed by atoms with Crippen LogP contribution in [-0.2, 0) is 6.54 Å². The minimum Gasteiger partial charge on any atom is -0.311 e. The van der Waals surface area contributed by atoms with Crippen molar-refractivity contribution < 1.29 is 0 Å². The first-order valence-corrected chi connectivity index (χ1v) is 7.00. The van der Waals surface area contributed by atoms with Crippen LogP contribution in [0.3, 0.4) is 0 Å². The third-order valence-corrected chi connectivity index (χ3v) is 3.33. The zero-order valence-electron chi connectivity index (χ0n) is 12.5. The van der Waals surface area contributed by atoms with Gasteiger partial charge in [0, 0.05) is 31.7 Å². The predicted octanol–water partition coefficient (Wildman–Crippen LogP) is 2.77. The van der Waals surface area contributed by atoms with E-state index in [1.165, 1.54) is 0 Å². The third-order valence-electron chi connectivity index (χ3n) is 3.33. The third kappa shape index (κ3) is 5.02. The molecule has 104 valence electrons. The average Bonchev–Trinajstić information content (AvgIpc) is 2.38. The molecule has 3 heteroatoms. The van der Waals surface area contributed by atoms with Gasteiger partial charge in [-0.2, -0.15) is 5.26 Å². The molecular formula is C16H25N3. The second-order valence-corrected chi connectivity index (χ2v) is 5.37. The minimum atomic E-state index is 0.563. The molecule has 0 bridgehead atoms. The Bertz CT molecular complexity index is 410. The molecule has 0 saturated carbocycles. The van der Waals surface area contributed by atoms with E-state index in [0.717, 1.165) is 30.8 Å². The van der Waals surface area contributed by atoms with E-state index in [2.05, 4.69) is 44.0 Å². The molecule has 0 unspecified atom stereocenters. The van der Waals surface area contributed by atoms with Crippen LogP contribution in [0.4, 0.5) is 0 Å². The number of hydrogen-bond donors (Lipinski definition) is 1. The molecule has 0 heterocycles. The summed E-state index contributed by atoms with van der Waals surface area (Å²) in [4.78, 5) is 2.46. The molecular weight excluding hydrogens is 234 g/mol. The molecule has 0 aromatic heterocycles. The van der Waals surface area contributed by atoms with Gasteiger partial charge >= 0.3 is 0 Å². The predicted molar refractivity (Wildman–Crippen MR) is 79.8 cm³/mol. The summed E-state index contributed by atoms with van der Waals surface area (Å²) in [6, 6.07) is 11.1. The van der Waals surface area contributed by atoms with Crippen molar-refractivity contribution in [3.05, 3.63) is 35.4 Å². The van der Waals surface area contributed by atoms with Crippen LogP contribution in [-0.4, -0.2) is 30.1 Å². The molecule has 1 aromatic carbocycles. The summed E-state index contributed by atoms with van der Waals surface area (Å²) < 4.78 is 0. The number of rotatable bonds is 7. The number of benzene rings is 1. The van der Waals surface area contributed by atoms with E-state index in [1.54, 1.807) is 0 Å². The monoisotopic (exact) mass is 259 g/mol. The first-order valence-electron chi connectivity index (χ1n) is 7.00. The number of nitrogens with zero attached hydrogens (tertiary/aromatic N) is 2. The molecule has 0 aliphatic heterocycles. The molecule has 0 aliphatic rings. The molecule has 0 saturated heterocycles. The van der Waals surface area contributed by atoms with E-state index in [9.17, 15) is 0 Å². The maximum absolute atomic E-state index is 9.02. The van der Waals surface area contributed by atoms with Crippen LogP contribution in [0, 0.1) is 11.3 Å². The van der Waals surface area contributed by atoms with Gasteiger partial charge in [-0.1, -0.05) is 18.2 Å². The highest BCUT2D eigenvalue weighted by Gasteiger charge is 2.12. The highest BCUT2D eigenvalue weighted by atomic mass is 15.2. The van der Waals surface area contributed by atoms with Gasteiger partial charge in [-0.25, -0.2) is 0 Å². The van der Waals surface area contributed by atoms with Gasteiger partial charge in [0.15, 0.2) is 0 Å². The van der Waals surface area contributed by atoms with Crippen LogP contribution in [0.25, 0.3) is 0 Å². The van der Waals surface area contributed by atoms with Gasteiger partial charge in [0.05, 0.1) is 11.6 Å². The van der Waals surface area contributed by atoms with Gasteiger partial charge < -0.3 is 5.32 Å². The largest absolute Gasteiger partial charge is 0.311 e. The van der Waals surface area contributed by atoms with E-state index in [0.29, 0.717) is 12.1 Å². The van der Waals surface area contributed by atoms with Crippen molar-refractivity contribution in [2.45, 2.75) is 46.3 Å². The Labute approximate surface area is 117 Å². The molecule has 0 spiro atoms. The summed E-state index contributed by atoms with van der Waals surface area (Å²) >= 11 is 0. The zero-order valence-corrected chi connectivity index (χ0v) is 12.5. The van der Waals surface area contributed by atoms with Crippen LogP contribution in [0.5, 0.6) is 0 Å². The standard InChI is InChI=1S/C16H25N3/c1-13(2)19(14(3)4)10-9-18-12-16-8-6-5-7-15(16)11-17/h5-8,13-14,18H,9-10,12H2,1-4H3. The Hall–Kier alpha value is -1.37. The SMILES string of the molecule is CC(C)N(CCNCc1ccccc1C#N)C(C)C. The Morgan fingerprint density at radius 1 is 1.16 bits per heavy atom. The van der Waals surface area contributed by atoms with E-state index in [-0.39, 0.29) is 0 Å². The van der Waals surface area contributed by atoms with Gasteiger partial charge in [0.25, 0.3) is 0 Å². The van der Waals surface area contributed by atoms with E-state index < -0.39 is 0 Å². The maximum atomic E-state index is 9.02. The first kappa shape index (κ1) is 15.7. The Morgan fingerprint density at radius 3 is 2.37 bits per heavy atom. The summed E-state index contributed by atoms with van der Waals surface area (Å²) in [5.74, 6) is 0. The lowest BCUT2D eigenvalue weighted by atomic mass is 10.1. The number of hydrogen-bond acceptors (Lipinski definition) is 3. The van der Waals surface area contributed by atoms with Gasteiger partial charge in [0.2, 0.25) is 0 Å². The van der Waals surface area contributed by atoms with Crippen LogP contribution in [0.15, 0.2) is 24.3 Å². The fraction of sp³-hybridized carbons (Fsp3) is 0.562. The lowest BCUT2D eigenvalue weighted by molar-refractivity contribution is 0.176. The molecule has 1 rings (SSSR count). The summed E-state index contributed by atoms with van der Waals surface area (Å²) in [5.41, 5.74) is 1.84. The lowest BCUT2D eigenvalue weighted by Gasteiger charge is -2.30. The fourth-order valence-electron chi connectivity index (χ4n) is 2.33. The van der Waals surface area contributed by atoms with Crippen molar-refractivity contribution >= 4 is 0 Å². The normalized spacial score (nSPS) is 11.3. The molecule has 3 nitrogen and oxygen atoms in total. The first-order chi connectivity index (χ1) is 9.06. The average molecular weight is 259 g/mol. The van der Waals surface area contributed by atoms with Gasteiger partial charge in [0.1, 0.15) is 0 Å². The van der Waals surface area contributed by atoms with Crippen molar-refractivity contribution in [3.63, 3.8) is 0 Å². The van der Waals surface area contributed by atoms with E-state index in [1.807, 2.05) is 24.3 Å². The maximum Gasteiger partial charge on any atom is 0.0995 e. The zero-order chi connectivity index (χ0) is 14.3. The highest BCUT2D eigenvalue weighted by Crippen LogP contribution is 2.07. The Morgan fingerprint density at radius 2 is 1.79 bits per heavy atom. The molecule has 19 heavy (non-hydrogen) atoms.